The van der Waals surface area contributed by atoms with Gasteiger partial charge >= 0.3 is 0 Å². The molecule has 0 saturated heterocycles. The van der Waals surface area contributed by atoms with Crippen LogP contribution < -0.4 is 5.73 Å². The van der Waals surface area contributed by atoms with Gasteiger partial charge in [-0.1, -0.05) is 0 Å². The van der Waals surface area contributed by atoms with Gasteiger partial charge in [-0.3, -0.25) is 4.99 Å². The Morgan fingerprint density at radius 2 is 1.71 bits per heavy atom. The van der Waals surface area contributed by atoms with E-state index in [2.05, 4.69) is 4.99 Å². The maximum Gasteiger partial charge on any atom is 0.0799 e. The lowest BCUT2D eigenvalue weighted by atomic mass is 9.87. The van der Waals surface area contributed by atoms with E-state index in [-0.39, 0.29) is 16.7 Å². The van der Waals surface area contributed by atoms with Gasteiger partial charge in [0.2, 0.25) is 0 Å². The molecule has 4 nitrogen and oxygen atoms in total. The highest BCUT2D eigenvalue weighted by Gasteiger charge is 2.34. The van der Waals surface area contributed by atoms with Crippen LogP contribution in [0.15, 0.2) is 4.99 Å². The fourth-order valence-electron chi connectivity index (χ4n) is 1.05. The summed E-state index contributed by atoms with van der Waals surface area (Å²) in [6.07, 6.45) is 3.50. The number of ether oxygens (including phenoxy) is 1. The lowest BCUT2D eigenvalue weighted by Gasteiger charge is -2.39. The third-order valence-electron chi connectivity index (χ3n) is 3.23. The Labute approximate surface area is 105 Å². The SMILES string of the molecule is CC(C)(CCOC(C)(C)C(C)(C)N)/N=C/C=N. The van der Waals surface area contributed by atoms with E-state index in [1.54, 1.807) is 0 Å². The Hall–Kier alpha value is -0.740. The van der Waals surface area contributed by atoms with Crippen molar-refractivity contribution < 1.29 is 4.74 Å². The van der Waals surface area contributed by atoms with Crippen LogP contribution in [0.25, 0.3) is 0 Å². The second-order valence-corrected chi connectivity index (χ2v) is 6.09. The minimum Gasteiger partial charge on any atom is -0.374 e. The van der Waals surface area contributed by atoms with Crippen molar-refractivity contribution in [3.05, 3.63) is 0 Å². The van der Waals surface area contributed by atoms with Crippen LogP contribution >= 0.6 is 0 Å². The van der Waals surface area contributed by atoms with E-state index in [9.17, 15) is 0 Å². The van der Waals surface area contributed by atoms with Crippen molar-refractivity contribution in [2.45, 2.75) is 64.6 Å². The first kappa shape index (κ1) is 16.3. The van der Waals surface area contributed by atoms with E-state index >= 15 is 0 Å². The zero-order chi connectivity index (χ0) is 13.7. The zero-order valence-electron chi connectivity index (χ0n) is 12.0. The van der Waals surface area contributed by atoms with Crippen LogP contribution in [-0.2, 0) is 4.74 Å². The fourth-order valence-corrected chi connectivity index (χ4v) is 1.05. The van der Waals surface area contributed by atoms with Crippen LogP contribution in [0.4, 0.5) is 0 Å². The molecule has 4 heteroatoms. The molecule has 0 fully saturated rings. The van der Waals surface area contributed by atoms with Crippen molar-refractivity contribution in [1.82, 2.24) is 0 Å². The molecule has 0 aromatic carbocycles. The molecule has 100 valence electrons. The molecule has 0 aliphatic heterocycles. The first-order valence-corrected chi connectivity index (χ1v) is 5.99. The molecule has 0 spiro atoms. The van der Waals surface area contributed by atoms with E-state index in [1.165, 1.54) is 12.4 Å². The molecule has 0 amide bonds. The van der Waals surface area contributed by atoms with Crippen LogP contribution in [0.2, 0.25) is 0 Å². The summed E-state index contributed by atoms with van der Waals surface area (Å²) < 4.78 is 5.85. The summed E-state index contributed by atoms with van der Waals surface area (Å²) in [5.41, 5.74) is 5.11. The zero-order valence-corrected chi connectivity index (χ0v) is 12.0. The molecule has 0 atom stereocenters. The van der Waals surface area contributed by atoms with Crippen molar-refractivity contribution in [3.8, 4) is 0 Å². The second kappa shape index (κ2) is 5.74. The smallest absolute Gasteiger partial charge is 0.0799 e. The van der Waals surface area contributed by atoms with Gasteiger partial charge in [-0.25, -0.2) is 0 Å². The van der Waals surface area contributed by atoms with Crippen molar-refractivity contribution in [1.29, 1.82) is 5.41 Å². The third-order valence-corrected chi connectivity index (χ3v) is 3.23. The summed E-state index contributed by atoms with van der Waals surface area (Å²) in [7, 11) is 0. The minimum atomic E-state index is -0.380. The summed E-state index contributed by atoms with van der Waals surface area (Å²) in [5.74, 6) is 0. The lowest BCUT2D eigenvalue weighted by Crippen LogP contribution is -2.54. The third kappa shape index (κ3) is 5.94. The molecule has 0 radical (unpaired) electrons. The average molecular weight is 241 g/mol. The van der Waals surface area contributed by atoms with E-state index in [0.29, 0.717) is 6.61 Å². The summed E-state index contributed by atoms with van der Waals surface area (Å²) in [6.45, 7) is 12.6. The Kier molecular flexibility index (Phi) is 5.49. The molecule has 0 unspecified atom stereocenters. The molecule has 17 heavy (non-hydrogen) atoms. The van der Waals surface area contributed by atoms with E-state index in [1.807, 2.05) is 41.5 Å². The van der Waals surface area contributed by atoms with E-state index in [4.69, 9.17) is 15.9 Å². The second-order valence-electron chi connectivity index (χ2n) is 6.09. The standard InChI is InChI=1S/C13H27N3O/c1-11(2,16-9-8-14)7-10-17-13(5,6)12(3,4)15/h8-9,14H,7,10,15H2,1-6H3/b14-8?,16-9+. The number of nitrogens with two attached hydrogens (primary N) is 1. The van der Waals surface area contributed by atoms with Gasteiger partial charge in [0.15, 0.2) is 0 Å². The Morgan fingerprint density at radius 3 is 2.12 bits per heavy atom. The summed E-state index contributed by atoms with van der Waals surface area (Å²) >= 11 is 0. The maximum atomic E-state index is 6.92. The number of nitrogens with one attached hydrogen (secondary N) is 1. The van der Waals surface area contributed by atoms with Crippen molar-refractivity contribution in [3.63, 3.8) is 0 Å². The average Bonchev–Trinajstić information content (AvgIpc) is 2.12. The number of rotatable bonds is 7. The van der Waals surface area contributed by atoms with Crippen LogP contribution in [-0.4, -0.2) is 35.7 Å². The number of aliphatic imine (C=N–C) groups is 1. The highest BCUT2D eigenvalue weighted by Crippen LogP contribution is 2.24. The van der Waals surface area contributed by atoms with E-state index in [0.717, 1.165) is 6.42 Å². The molecule has 3 N–H and O–H groups in total. The molecule has 0 aromatic heterocycles. The number of hydrogen-bond acceptors (Lipinski definition) is 4. The fraction of sp³-hybridized carbons (Fsp3) is 0.846. The molecule has 0 aliphatic rings. The van der Waals surface area contributed by atoms with Gasteiger partial charge in [0.1, 0.15) is 0 Å². The Morgan fingerprint density at radius 1 is 1.18 bits per heavy atom. The van der Waals surface area contributed by atoms with Gasteiger partial charge in [-0.2, -0.15) is 0 Å². The van der Waals surface area contributed by atoms with Gasteiger partial charge in [-0.05, 0) is 48.0 Å². The topological polar surface area (TPSA) is 71.5 Å². The largest absolute Gasteiger partial charge is 0.374 e. The highest BCUT2D eigenvalue weighted by molar-refractivity contribution is 6.14. The predicted molar refractivity (Wildman–Crippen MR) is 74.3 cm³/mol. The summed E-state index contributed by atoms with van der Waals surface area (Å²) in [5, 5.41) is 6.92. The number of nitrogens with zero attached hydrogens (tertiary/aromatic N) is 1. The lowest BCUT2D eigenvalue weighted by molar-refractivity contribution is -0.0661. The van der Waals surface area contributed by atoms with Gasteiger partial charge < -0.3 is 15.9 Å². The van der Waals surface area contributed by atoms with Crippen molar-refractivity contribution >= 4 is 12.4 Å². The molecule has 0 saturated carbocycles. The molecule has 0 aromatic rings. The molecule has 0 heterocycles. The quantitative estimate of drug-likeness (QED) is 0.672. The summed E-state index contributed by atoms with van der Waals surface area (Å²) in [4.78, 5) is 4.28. The van der Waals surface area contributed by atoms with E-state index < -0.39 is 0 Å². The molecule has 0 bridgehead atoms. The van der Waals surface area contributed by atoms with Gasteiger partial charge in [0, 0.05) is 24.6 Å². The molecule has 0 aliphatic carbocycles. The Bertz CT molecular complexity index is 275. The molecular weight excluding hydrogens is 214 g/mol. The summed E-state index contributed by atoms with van der Waals surface area (Å²) in [6, 6.07) is 0. The van der Waals surface area contributed by atoms with Crippen LogP contribution in [0.3, 0.4) is 0 Å². The molecule has 0 rings (SSSR count). The van der Waals surface area contributed by atoms with Gasteiger partial charge in [0.25, 0.3) is 0 Å². The van der Waals surface area contributed by atoms with Crippen LogP contribution in [0, 0.1) is 5.41 Å². The first-order chi connectivity index (χ1) is 7.52. The normalized spacial score (nSPS) is 14.3. The first-order valence-electron chi connectivity index (χ1n) is 5.99. The van der Waals surface area contributed by atoms with Gasteiger partial charge in [-0.15, -0.1) is 0 Å². The van der Waals surface area contributed by atoms with Crippen LogP contribution in [0.5, 0.6) is 0 Å². The maximum absolute atomic E-state index is 6.92. The Balaban J connectivity index is 4.24. The molecular formula is C13H27N3O. The number of hydrogen-bond donors (Lipinski definition) is 2. The van der Waals surface area contributed by atoms with Crippen LogP contribution in [0.1, 0.15) is 48.0 Å². The van der Waals surface area contributed by atoms with Crippen molar-refractivity contribution in [2.24, 2.45) is 10.7 Å². The monoisotopic (exact) mass is 241 g/mol. The highest BCUT2D eigenvalue weighted by atomic mass is 16.5. The predicted octanol–water partition coefficient (Wildman–Crippen LogP) is 2.41. The van der Waals surface area contributed by atoms with Crippen molar-refractivity contribution in [2.75, 3.05) is 6.61 Å². The van der Waals surface area contributed by atoms with Gasteiger partial charge in [0.05, 0.1) is 11.1 Å². The minimum absolute atomic E-state index is 0.202.